The molecule has 1 N–H and O–H groups in total. The van der Waals surface area contributed by atoms with Crippen LogP contribution in [0.2, 0.25) is 0 Å². The zero-order valence-electron chi connectivity index (χ0n) is 10.5. The maximum atomic E-state index is 9.31. The molecule has 0 radical (unpaired) electrons. The van der Waals surface area contributed by atoms with Gasteiger partial charge in [0, 0.05) is 11.3 Å². The highest BCUT2D eigenvalue weighted by Crippen LogP contribution is 2.33. The Hall–Kier alpha value is -0.830. The molecule has 1 aromatic heterocycles. The van der Waals surface area contributed by atoms with Crippen LogP contribution in [0.3, 0.4) is 0 Å². The van der Waals surface area contributed by atoms with Crippen molar-refractivity contribution in [3.63, 3.8) is 0 Å². The van der Waals surface area contributed by atoms with E-state index >= 15 is 0 Å². The first-order chi connectivity index (χ1) is 7.63. The van der Waals surface area contributed by atoms with E-state index in [9.17, 15) is 5.11 Å². The zero-order valence-corrected chi connectivity index (χ0v) is 10.5. The minimum atomic E-state index is 0.111. The Morgan fingerprint density at radius 2 is 2.12 bits per heavy atom. The summed E-state index contributed by atoms with van der Waals surface area (Å²) in [5.74, 6) is 0.806. The van der Waals surface area contributed by atoms with Crippen molar-refractivity contribution in [1.82, 2.24) is 9.78 Å². The summed E-state index contributed by atoms with van der Waals surface area (Å²) >= 11 is 0. The Kier molecular flexibility index (Phi) is 3.33. The fourth-order valence-electron chi connectivity index (χ4n) is 2.91. The molecule has 1 aliphatic rings. The third-order valence-electron chi connectivity index (χ3n) is 3.89. The molecule has 1 aliphatic carbocycles. The van der Waals surface area contributed by atoms with E-state index in [0.29, 0.717) is 6.04 Å². The molecule has 16 heavy (non-hydrogen) atoms. The second-order valence-corrected chi connectivity index (χ2v) is 5.18. The van der Waals surface area contributed by atoms with Crippen molar-refractivity contribution in [2.45, 2.75) is 59.1 Å². The first kappa shape index (κ1) is 11.6. The van der Waals surface area contributed by atoms with E-state index in [0.717, 1.165) is 22.9 Å². The Balaban J connectivity index is 2.26. The minimum absolute atomic E-state index is 0.111. The molecule has 3 heteroatoms. The van der Waals surface area contributed by atoms with E-state index in [1.54, 1.807) is 0 Å². The number of rotatable bonds is 2. The third-order valence-corrected chi connectivity index (χ3v) is 3.89. The predicted octanol–water partition coefficient (Wildman–Crippen LogP) is 2.74. The molecule has 3 nitrogen and oxygen atoms in total. The summed E-state index contributed by atoms with van der Waals surface area (Å²) in [5.41, 5.74) is 3.15. The SMILES string of the molecule is Cc1nn(C2CCCC(C)C2)c(C)c1CO. The van der Waals surface area contributed by atoms with E-state index in [1.807, 2.05) is 6.92 Å². The predicted molar refractivity (Wildman–Crippen MR) is 64.3 cm³/mol. The second-order valence-electron chi connectivity index (χ2n) is 5.18. The highest BCUT2D eigenvalue weighted by Gasteiger charge is 2.23. The lowest BCUT2D eigenvalue weighted by Crippen LogP contribution is -2.19. The zero-order chi connectivity index (χ0) is 11.7. The third kappa shape index (κ3) is 2.01. The van der Waals surface area contributed by atoms with Gasteiger partial charge in [0.2, 0.25) is 0 Å². The van der Waals surface area contributed by atoms with E-state index in [4.69, 9.17) is 0 Å². The Labute approximate surface area is 97.5 Å². The van der Waals surface area contributed by atoms with E-state index in [1.165, 1.54) is 25.7 Å². The van der Waals surface area contributed by atoms with Gasteiger partial charge in [-0.1, -0.05) is 19.8 Å². The number of hydrogen-bond donors (Lipinski definition) is 1. The first-order valence-corrected chi connectivity index (χ1v) is 6.29. The van der Waals surface area contributed by atoms with Crippen LogP contribution in [-0.2, 0) is 6.61 Å². The van der Waals surface area contributed by atoms with Crippen molar-refractivity contribution in [3.05, 3.63) is 17.0 Å². The number of aliphatic hydroxyl groups is 1. The fraction of sp³-hybridized carbons (Fsp3) is 0.769. The van der Waals surface area contributed by atoms with Crippen LogP contribution < -0.4 is 0 Å². The van der Waals surface area contributed by atoms with Crippen LogP contribution in [0.4, 0.5) is 0 Å². The molecular formula is C13H22N2O. The summed E-state index contributed by atoms with van der Waals surface area (Å²) in [6.07, 6.45) is 5.12. The monoisotopic (exact) mass is 222 g/mol. The topological polar surface area (TPSA) is 38.0 Å². The standard InChI is InChI=1S/C13H22N2O/c1-9-5-4-6-12(7-9)15-11(3)13(8-16)10(2)14-15/h9,12,16H,4-8H2,1-3H3. The van der Waals surface area contributed by atoms with Crippen molar-refractivity contribution >= 4 is 0 Å². The largest absolute Gasteiger partial charge is 0.392 e. The van der Waals surface area contributed by atoms with Gasteiger partial charge in [0.25, 0.3) is 0 Å². The summed E-state index contributed by atoms with van der Waals surface area (Å²) in [5, 5.41) is 13.9. The van der Waals surface area contributed by atoms with Gasteiger partial charge in [-0.25, -0.2) is 0 Å². The average Bonchev–Trinajstić information content (AvgIpc) is 2.54. The number of aryl methyl sites for hydroxylation is 1. The highest BCUT2D eigenvalue weighted by atomic mass is 16.3. The van der Waals surface area contributed by atoms with Gasteiger partial charge in [-0.15, -0.1) is 0 Å². The van der Waals surface area contributed by atoms with Crippen molar-refractivity contribution < 1.29 is 5.11 Å². The Morgan fingerprint density at radius 3 is 2.69 bits per heavy atom. The van der Waals surface area contributed by atoms with Crippen molar-refractivity contribution in [2.24, 2.45) is 5.92 Å². The molecule has 1 saturated carbocycles. The fourth-order valence-corrected chi connectivity index (χ4v) is 2.91. The molecule has 0 saturated heterocycles. The number of aliphatic hydroxyl groups excluding tert-OH is 1. The Bertz CT molecular complexity index is 370. The molecule has 1 fully saturated rings. The molecule has 0 aromatic carbocycles. The van der Waals surface area contributed by atoms with Crippen LogP contribution in [0.1, 0.15) is 55.6 Å². The lowest BCUT2D eigenvalue weighted by Gasteiger charge is -2.28. The van der Waals surface area contributed by atoms with Gasteiger partial charge in [0.05, 0.1) is 18.3 Å². The lowest BCUT2D eigenvalue weighted by molar-refractivity contribution is 0.260. The maximum Gasteiger partial charge on any atom is 0.0718 e. The molecule has 90 valence electrons. The van der Waals surface area contributed by atoms with Gasteiger partial charge in [0.1, 0.15) is 0 Å². The van der Waals surface area contributed by atoms with E-state index < -0.39 is 0 Å². The van der Waals surface area contributed by atoms with E-state index in [2.05, 4.69) is 23.6 Å². The van der Waals surface area contributed by atoms with Crippen LogP contribution in [0, 0.1) is 19.8 Å². The van der Waals surface area contributed by atoms with Gasteiger partial charge in [-0.05, 0) is 32.6 Å². The number of hydrogen-bond acceptors (Lipinski definition) is 2. The summed E-state index contributed by atoms with van der Waals surface area (Å²) in [4.78, 5) is 0. The molecule has 0 aliphatic heterocycles. The van der Waals surface area contributed by atoms with Gasteiger partial charge in [-0.2, -0.15) is 5.10 Å². The van der Waals surface area contributed by atoms with Crippen molar-refractivity contribution in [3.8, 4) is 0 Å². The van der Waals surface area contributed by atoms with Gasteiger partial charge in [-0.3, -0.25) is 4.68 Å². The van der Waals surface area contributed by atoms with E-state index in [-0.39, 0.29) is 6.61 Å². The van der Waals surface area contributed by atoms with Crippen LogP contribution in [0.15, 0.2) is 0 Å². The molecule has 0 amide bonds. The lowest BCUT2D eigenvalue weighted by atomic mass is 9.87. The summed E-state index contributed by atoms with van der Waals surface area (Å²) in [6, 6.07) is 0.544. The van der Waals surface area contributed by atoms with Crippen molar-refractivity contribution in [2.75, 3.05) is 0 Å². The molecule has 1 aromatic rings. The molecule has 0 bridgehead atoms. The molecule has 2 atom stereocenters. The van der Waals surface area contributed by atoms with Gasteiger partial charge >= 0.3 is 0 Å². The normalized spacial score (nSPS) is 26.0. The van der Waals surface area contributed by atoms with Crippen LogP contribution in [-0.4, -0.2) is 14.9 Å². The molecule has 0 spiro atoms. The van der Waals surface area contributed by atoms with Crippen LogP contribution in [0.5, 0.6) is 0 Å². The summed E-state index contributed by atoms with van der Waals surface area (Å²) in [6.45, 7) is 6.50. The smallest absolute Gasteiger partial charge is 0.0718 e. The number of nitrogens with zero attached hydrogens (tertiary/aromatic N) is 2. The second kappa shape index (κ2) is 4.58. The minimum Gasteiger partial charge on any atom is -0.392 e. The summed E-state index contributed by atoms with van der Waals surface area (Å²) < 4.78 is 2.15. The molecule has 2 rings (SSSR count). The maximum absolute atomic E-state index is 9.31. The first-order valence-electron chi connectivity index (χ1n) is 6.29. The molecular weight excluding hydrogens is 200 g/mol. The highest BCUT2D eigenvalue weighted by molar-refractivity contribution is 5.24. The average molecular weight is 222 g/mol. The molecule has 2 unspecified atom stereocenters. The van der Waals surface area contributed by atoms with Crippen LogP contribution in [0.25, 0.3) is 0 Å². The Morgan fingerprint density at radius 1 is 1.38 bits per heavy atom. The molecule has 1 heterocycles. The van der Waals surface area contributed by atoms with Crippen molar-refractivity contribution in [1.29, 1.82) is 0 Å². The number of aromatic nitrogens is 2. The quantitative estimate of drug-likeness (QED) is 0.835. The summed E-state index contributed by atoms with van der Waals surface area (Å²) in [7, 11) is 0. The van der Waals surface area contributed by atoms with Gasteiger partial charge < -0.3 is 5.11 Å². The van der Waals surface area contributed by atoms with Gasteiger partial charge in [0.15, 0.2) is 0 Å². The van der Waals surface area contributed by atoms with Crippen LogP contribution >= 0.6 is 0 Å².